The number of anilines is 3. The van der Waals surface area contributed by atoms with Crippen molar-refractivity contribution in [2.45, 2.75) is 24.5 Å². The Kier molecular flexibility index (Phi) is 7.49. The Hall–Kier alpha value is -4.36. The van der Waals surface area contributed by atoms with Gasteiger partial charge in [0.2, 0.25) is 5.91 Å². The second-order valence-corrected chi connectivity index (χ2v) is 9.99. The minimum absolute atomic E-state index is 0.0115. The lowest BCUT2D eigenvalue weighted by atomic mass is 9.49. The number of hydrogen-bond acceptors (Lipinski definition) is 8. The first-order valence-corrected chi connectivity index (χ1v) is 12.8. The average Bonchev–Trinajstić information content (AvgIpc) is 3.63. The van der Waals surface area contributed by atoms with Gasteiger partial charge in [0.05, 0.1) is 47.7 Å². The first-order chi connectivity index (χ1) is 19.4. The zero-order chi connectivity index (χ0) is 29.5. The molecule has 1 aliphatic carbocycles. The Morgan fingerprint density at radius 2 is 1.80 bits per heavy atom. The quantitative estimate of drug-likeness (QED) is 0.332. The zero-order valence-corrected chi connectivity index (χ0v) is 22.4. The molecule has 3 aromatic rings. The lowest BCUT2D eigenvalue weighted by Crippen LogP contribution is -2.50. The van der Waals surface area contributed by atoms with Crippen molar-refractivity contribution in [3.8, 4) is 17.0 Å². The van der Waals surface area contributed by atoms with Gasteiger partial charge in [0.25, 0.3) is 11.8 Å². The number of benzene rings is 1. The summed E-state index contributed by atoms with van der Waals surface area (Å²) in [5.74, 6) is -1.88. The molecule has 41 heavy (non-hydrogen) atoms. The van der Waals surface area contributed by atoms with Crippen LogP contribution in [0, 0.1) is 11.7 Å². The molecule has 1 aromatic carbocycles. The lowest BCUT2D eigenvalue weighted by Gasteiger charge is -2.30. The highest BCUT2D eigenvalue weighted by molar-refractivity contribution is 6.60. The van der Waals surface area contributed by atoms with E-state index in [1.807, 2.05) is 0 Å². The molecule has 2 aromatic heterocycles. The van der Waals surface area contributed by atoms with Crippen LogP contribution in [0.4, 0.5) is 21.6 Å². The van der Waals surface area contributed by atoms with Crippen LogP contribution in [-0.4, -0.2) is 91.6 Å². The molecule has 0 unspecified atom stereocenters. The van der Waals surface area contributed by atoms with Gasteiger partial charge in [-0.1, -0.05) is 5.24 Å². The summed E-state index contributed by atoms with van der Waals surface area (Å²) >= 11 is 0. The minimum atomic E-state index is -2.07. The van der Waals surface area contributed by atoms with Crippen molar-refractivity contribution in [3.05, 3.63) is 41.5 Å². The summed E-state index contributed by atoms with van der Waals surface area (Å²) in [7, 11) is 19.6. The highest BCUT2D eigenvalue weighted by Crippen LogP contribution is 2.39. The van der Waals surface area contributed by atoms with Gasteiger partial charge in [-0.3, -0.25) is 19.1 Å². The molecule has 3 N–H and O–H groups in total. The molecular weight excluding hydrogens is 528 g/mol. The maximum atomic E-state index is 15.0. The molecule has 1 saturated carbocycles. The van der Waals surface area contributed by atoms with Crippen molar-refractivity contribution in [3.63, 3.8) is 0 Å². The molecule has 2 aliphatic rings. The van der Waals surface area contributed by atoms with Gasteiger partial charge >= 0.3 is 0 Å². The van der Waals surface area contributed by atoms with Crippen LogP contribution in [0.15, 0.2) is 24.3 Å². The van der Waals surface area contributed by atoms with Gasteiger partial charge in [0, 0.05) is 43.8 Å². The van der Waals surface area contributed by atoms with Gasteiger partial charge < -0.3 is 25.6 Å². The Morgan fingerprint density at radius 3 is 2.41 bits per heavy atom. The van der Waals surface area contributed by atoms with E-state index < -0.39 is 17.0 Å². The predicted molar refractivity (Wildman–Crippen MR) is 150 cm³/mol. The maximum Gasteiger partial charge on any atom is 0.272 e. The van der Waals surface area contributed by atoms with Crippen molar-refractivity contribution in [1.29, 1.82) is 0 Å². The Morgan fingerprint density at radius 1 is 1.07 bits per heavy atom. The first kappa shape index (κ1) is 28.2. The lowest BCUT2D eigenvalue weighted by molar-refractivity contribution is -0.117. The van der Waals surface area contributed by atoms with Gasteiger partial charge in [-0.05, 0) is 31.4 Å². The topological polar surface area (TPSA) is 143 Å². The van der Waals surface area contributed by atoms with E-state index in [-0.39, 0.29) is 57.6 Å². The van der Waals surface area contributed by atoms with Gasteiger partial charge in [-0.2, -0.15) is 5.10 Å². The Balaban J connectivity index is 1.53. The van der Waals surface area contributed by atoms with E-state index in [4.69, 9.17) is 28.3 Å². The summed E-state index contributed by atoms with van der Waals surface area (Å²) in [6.45, 7) is 1.32. The number of likely N-dealkylation sites (tertiary alicyclic amines) is 1. The third kappa shape index (κ3) is 6.20. The normalized spacial score (nSPS) is 14.7. The molecule has 3 amide bonds. The number of amides is 3. The van der Waals surface area contributed by atoms with Crippen LogP contribution >= 0.6 is 0 Å². The number of rotatable bonds is 9. The van der Waals surface area contributed by atoms with Crippen LogP contribution in [0.1, 0.15) is 40.2 Å². The average molecular weight is 552 g/mol. The van der Waals surface area contributed by atoms with Crippen LogP contribution in [0.3, 0.4) is 0 Å². The monoisotopic (exact) mass is 552 g/mol. The predicted octanol–water partition coefficient (Wildman–Crippen LogP) is 0.809. The molecule has 3 heterocycles. The first-order valence-electron chi connectivity index (χ1n) is 12.8. The van der Waals surface area contributed by atoms with E-state index in [0.29, 0.717) is 18.8 Å². The number of aryl methyl sites for hydroxylation is 1. The van der Waals surface area contributed by atoms with E-state index in [2.05, 4.69) is 31.2 Å². The molecule has 1 saturated heterocycles. The third-order valence-corrected chi connectivity index (χ3v) is 6.58. The van der Waals surface area contributed by atoms with Crippen molar-refractivity contribution in [1.82, 2.24) is 30.2 Å². The summed E-state index contributed by atoms with van der Waals surface area (Å²) in [5.41, 5.74) is 0.671. The standard InChI is InChI=1S/C25H24B3FN8O4/c1-36-18(24(40)37-6-3-7-37)10-15(35-36)14-8-13(29)9-17(21(14)41-2)30-16-11-19(31-22(38)12-4-5-12)33-34-20(16)23(39)32-25(26,27)28/h8-12H,3-7H2,1-2H3,(H,32,39)(H2,30,31,33,38). The van der Waals surface area contributed by atoms with Crippen molar-refractivity contribution < 1.29 is 23.5 Å². The van der Waals surface area contributed by atoms with Gasteiger partial charge in [-0.25, -0.2) is 4.39 Å². The van der Waals surface area contributed by atoms with E-state index in [0.717, 1.165) is 25.3 Å². The maximum absolute atomic E-state index is 15.0. The molecular formula is C25H24B3FN8O4. The number of hydrogen-bond donors (Lipinski definition) is 3. The van der Waals surface area contributed by atoms with Crippen LogP contribution in [0.5, 0.6) is 5.75 Å². The van der Waals surface area contributed by atoms with Crippen LogP contribution in [-0.2, 0) is 11.8 Å². The fourth-order valence-electron chi connectivity index (χ4n) is 4.27. The van der Waals surface area contributed by atoms with Gasteiger partial charge in [-0.15, -0.1) is 10.2 Å². The van der Waals surface area contributed by atoms with Crippen molar-refractivity contribution in [2.24, 2.45) is 13.0 Å². The molecule has 0 bridgehead atoms. The Bertz CT molecular complexity index is 1540. The number of halogens is 1. The molecule has 0 spiro atoms. The number of ether oxygens (including phenoxy) is 1. The van der Waals surface area contributed by atoms with E-state index in [1.165, 1.54) is 23.9 Å². The smallest absolute Gasteiger partial charge is 0.272 e. The fraction of sp³-hybridized carbons (Fsp3) is 0.360. The molecule has 12 nitrogen and oxygen atoms in total. The number of nitrogens with one attached hydrogen (secondary N) is 3. The third-order valence-electron chi connectivity index (χ3n) is 6.58. The molecule has 5 rings (SSSR count). The van der Waals surface area contributed by atoms with Crippen molar-refractivity contribution >= 4 is 58.5 Å². The second kappa shape index (κ2) is 10.9. The number of carbonyl (C=O) groups excluding carboxylic acids is 3. The Labute approximate surface area is 239 Å². The number of methoxy groups -OCH3 is 1. The molecule has 16 heteroatoms. The SMILES string of the molecule is [B]C([B])([B])NC(=O)c1nnc(NC(=O)C2CC2)cc1Nc1cc(F)cc(-c2cc(C(=O)N3CCC3)n(C)n2)c1OC. The summed E-state index contributed by atoms with van der Waals surface area (Å²) in [5, 5.41) is 17.9. The minimum Gasteiger partial charge on any atom is -0.494 e. The van der Waals surface area contributed by atoms with E-state index >= 15 is 0 Å². The van der Waals surface area contributed by atoms with Gasteiger partial charge in [0.1, 0.15) is 11.5 Å². The van der Waals surface area contributed by atoms with Crippen LogP contribution in [0.25, 0.3) is 11.3 Å². The number of nitrogens with zero attached hydrogens (tertiary/aromatic N) is 5. The summed E-state index contributed by atoms with van der Waals surface area (Å²) in [6, 6.07) is 5.27. The summed E-state index contributed by atoms with van der Waals surface area (Å²) < 4.78 is 22.0. The van der Waals surface area contributed by atoms with Gasteiger partial charge in [0.15, 0.2) is 17.3 Å². The highest BCUT2D eigenvalue weighted by Gasteiger charge is 2.31. The zero-order valence-electron chi connectivity index (χ0n) is 22.4. The van der Waals surface area contributed by atoms with Crippen LogP contribution < -0.4 is 20.7 Å². The largest absolute Gasteiger partial charge is 0.494 e. The number of aromatic nitrogens is 4. The van der Waals surface area contributed by atoms with Crippen LogP contribution in [0.2, 0.25) is 0 Å². The fourth-order valence-corrected chi connectivity index (χ4v) is 4.27. The second-order valence-electron chi connectivity index (χ2n) is 9.99. The highest BCUT2D eigenvalue weighted by atomic mass is 19.1. The van der Waals surface area contributed by atoms with E-state index in [9.17, 15) is 18.8 Å². The molecule has 1 aliphatic heterocycles. The van der Waals surface area contributed by atoms with Crippen molar-refractivity contribution in [2.75, 3.05) is 30.8 Å². The molecule has 204 valence electrons. The molecule has 6 radical (unpaired) electrons. The number of carbonyl (C=O) groups is 3. The molecule has 2 fully saturated rings. The molecule has 0 atom stereocenters. The summed E-state index contributed by atoms with van der Waals surface area (Å²) in [6.07, 6.45) is 2.46. The van der Waals surface area contributed by atoms with E-state index in [1.54, 1.807) is 18.0 Å². The summed E-state index contributed by atoms with van der Waals surface area (Å²) in [4.78, 5) is 39.7.